The van der Waals surface area contributed by atoms with Gasteiger partial charge in [0.1, 0.15) is 0 Å². The van der Waals surface area contributed by atoms with Crippen molar-refractivity contribution in [2.75, 3.05) is 18.9 Å². The van der Waals surface area contributed by atoms with E-state index in [0.29, 0.717) is 0 Å². The molecule has 2 aromatic carbocycles. The second kappa shape index (κ2) is 8.23. The third kappa shape index (κ3) is 4.49. The topological polar surface area (TPSA) is 24.1 Å². The molecular formula is C21H26N2. The Hall–Kier alpha value is -2.48. The van der Waals surface area contributed by atoms with E-state index in [-0.39, 0.29) is 0 Å². The Labute approximate surface area is 139 Å². The zero-order chi connectivity index (χ0) is 16.7. The largest absolute Gasteiger partial charge is 0.392 e. The maximum Gasteiger partial charge on any atom is 0.0419 e. The minimum Gasteiger partial charge on any atom is -0.392 e. The Morgan fingerprint density at radius 1 is 1.17 bits per heavy atom. The van der Waals surface area contributed by atoms with Gasteiger partial charge in [0.15, 0.2) is 0 Å². The van der Waals surface area contributed by atoms with E-state index in [4.69, 9.17) is 0 Å². The normalized spacial score (nSPS) is 10.7. The van der Waals surface area contributed by atoms with Crippen LogP contribution in [0.25, 0.3) is 17.2 Å². The molecule has 2 heteroatoms. The molecule has 2 rings (SSSR count). The second-order valence-electron chi connectivity index (χ2n) is 5.65. The Morgan fingerprint density at radius 3 is 2.70 bits per heavy atom. The van der Waals surface area contributed by atoms with Crippen LogP contribution in [-0.2, 0) is 0 Å². The number of aryl methyl sites for hydroxylation is 1. The molecule has 0 saturated carbocycles. The molecule has 0 atom stereocenters. The van der Waals surface area contributed by atoms with Crippen molar-refractivity contribution < 1.29 is 0 Å². The zero-order valence-corrected chi connectivity index (χ0v) is 14.3. The molecule has 0 aliphatic rings. The van der Waals surface area contributed by atoms with Crippen molar-refractivity contribution in [2.24, 2.45) is 0 Å². The van der Waals surface area contributed by atoms with Gasteiger partial charge >= 0.3 is 0 Å². The lowest BCUT2D eigenvalue weighted by molar-refractivity contribution is 0.872. The molecule has 0 radical (unpaired) electrons. The SMILES string of the molecule is C=C(CCNc1ccccc1-c1ccc(C)c(/C=C\C)c1)NC. The predicted octanol–water partition coefficient (Wildman–Crippen LogP) is 5.23. The van der Waals surface area contributed by atoms with Crippen LogP contribution in [-0.4, -0.2) is 13.6 Å². The number of para-hydroxylation sites is 1. The van der Waals surface area contributed by atoms with Crippen LogP contribution in [0.1, 0.15) is 24.5 Å². The lowest BCUT2D eigenvalue weighted by atomic mass is 9.98. The fourth-order valence-corrected chi connectivity index (χ4v) is 2.53. The van der Waals surface area contributed by atoms with Crippen molar-refractivity contribution >= 4 is 11.8 Å². The van der Waals surface area contributed by atoms with Gasteiger partial charge in [-0.15, -0.1) is 0 Å². The molecule has 0 aliphatic heterocycles. The molecule has 0 saturated heterocycles. The predicted molar refractivity (Wildman–Crippen MR) is 103 cm³/mol. The summed E-state index contributed by atoms with van der Waals surface area (Å²) in [5.41, 5.74) is 7.23. The molecule has 0 aliphatic carbocycles. The molecule has 23 heavy (non-hydrogen) atoms. The number of allylic oxidation sites excluding steroid dienone is 1. The Morgan fingerprint density at radius 2 is 1.96 bits per heavy atom. The number of hydrogen-bond acceptors (Lipinski definition) is 2. The fraction of sp³-hybridized carbons (Fsp3) is 0.238. The summed E-state index contributed by atoms with van der Waals surface area (Å²) in [6, 6.07) is 15.1. The lowest BCUT2D eigenvalue weighted by Gasteiger charge is -2.14. The number of hydrogen-bond donors (Lipinski definition) is 2. The summed E-state index contributed by atoms with van der Waals surface area (Å²) < 4.78 is 0. The third-order valence-electron chi connectivity index (χ3n) is 3.96. The Kier molecular flexibility index (Phi) is 6.04. The van der Waals surface area contributed by atoms with Crippen molar-refractivity contribution in [1.29, 1.82) is 0 Å². The van der Waals surface area contributed by atoms with Crippen LogP contribution in [0.15, 0.2) is 60.8 Å². The van der Waals surface area contributed by atoms with E-state index in [9.17, 15) is 0 Å². The first-order valence-corrected chi connectivity index (χ1v) is 8.08. The van der Waals surface area contributed by atoms with Crippen molar-refractivity contribution in [3.63, 3.8) is 0 Å². The van der Waals surface area contributed by atoms with Crippen LogP contribution >= 0.6 is 0 Å². The van der Waals surface area contributed by atoms with Crippen LogP contribution < -0.4 is 10.6 Å². The summed E-state index contributed by atoms with van der Waals surface area (Å²) in [6.45, 7) is 9.03. The van der Waals surface area contributed by atoms with Gasteiger partial charge in [-0.05, 0) is 42.7 Å². The molecule has 0 fully saturated rings. The molecular weight excluding hydrogens is 280 g/mol. The van der Waals surface area contributed by atoms with Crippen LogP contribution in [0, 0.1) is 6.92 Å². The summed E-state index contributed by atoms with van der Waals surface area (Å²) >= 11 is 0. The van der Waals surface area contributed by atoms with Crippen LogP contribution in [0.2, 0.25) is 0 Å². The van der Waals surface area contributed by atoms with E-state index in [1.165, 1.54) is 22.3 Å². The monoisotopic (exact) mass is 306 g/mol. The highest BCUT2D eigenvalue weighted by molar-refractivity contribution is 5.79. The highest BCUT2D eigenvalue weighted by Crippen LogP contribution is 2.29. The average Bonchev–Trinajstić information content (AvgIpc) is 2.57. The average molecular weight is 306 g/mol. The molecule has 120 valence electrons. The summed E-state index contributed by atoms with van der Waals surface area (Å²) in [7, 11) is 1.91. The van der Waals surface area contributed by atoms with Gasteiger partial charge in [-0.1, -0.05) is 49.1 Å². The molecule has 0 spiro atoms. The highest BCUT2D eigenvalue weighted by atomic mass is 14.9. The first-order valence-electron chi connectivity index (χ1n) is 8.08. The zero-order valence-electron chi connectivity index (χ0n) is 14.3. The Balaban J connectivity index is 2.26. The molecule has 0 unspecified atom stereocenters. The van der Waals surface area contributed by atoms with E-state index in [0.717, 1.165) is 24.4 Å². The van der Waals surface area contributed by atoms with E-state index < -0.39 is 0 Å². The molecule has 0 amide bonds. The summed E-state index contributed by atoms with van der Waals surface area (Å²) in [4.78, 5) is 0. The van der Waals surface area contributed by atoms with Gasteiger partial charge in [0.2, 0.25) is 0 Å². The molecule has 0 aromatic heterocycles. The number of nitrogens with one attached hydrogen (secondary N) is 2. The van der Waals surface area contributed by atoms with Crippen LogP contribution in [0.4, 0.5) is 5.69 Å². The van der Waals surface area contributed by atoms with Gasteiger partial charge in [0.05, 0.1) is 0 Å². The van der Waals surface area contributed by atoms with Gasteiger partial charge in [0, 0.05) is 37.0 Å². The van der Waals surface area contributed by atoms with Gasteiger partial charge in [-0.25, -0.2) is 0 Å². The Bertz CT molecular complexity index is 699. The van der Waals surface area contributed by atoms with Crippen molar-refractivity contribution in [2.45, 2.75) is 20.3 Å². The quantitative estimate of drug-likeness (QED) is 0.732. The molecule has 2 nitrogen and oxygen atoms in total. The first-order chi connectivity index (χ1) is 11.2. The van der Waals surface area contributed by atoms with Gasteiger partial charge in [0.25, 0.3) is 0 Å². The number of rotatable bonds is 7. The highest BCUT2D eigenvalue weighted by Gasteiger charge is 2.06. The van der Waals surface area contributed by atoms with Crippen molar-refractivity contribution in [1.82, 2.24) is 5.32 Å². The number of anilines is 1. The maximum atomic E-state index is 3.97. The standard InChI is InChI=1S/C21H26N2/c1-5-8-18-15-19(12-11-16(18)2)20-9-6-7-10-21(20)23-14-13-17(3)22-4/h5-12,15,22-23H,3,13-14H2,1-2,4H3/b8-5-. The molecule has 0 heterocycles. The van der Waals surface area contributed by atoms with E-state index in [2.05, 4.69) is 85.7 Å². The third-order valence-corrected chi connectivity index (χ3v) is 3.96. The molecule has 2 aromatic rings. The van der Waals surface area contributed by atoms with E-state index >= 15 is 0 Å². The summed E-state index contributed by atoms with van der Waals surface area (Å²) in [5, 5.41) is 6.61. The van der Waals surface area contributed by atoms with Gasteiger partial charge in [-0.3, -0.25) is 0 Å². The second-order valence-corrected chi connectivity index (χ2v) is 5.65. The minimum absolute atomic E-state index is 0.865. The minimum atomic E-state index is 0.865. The van der Waals surface area contributed by atoms with E-state index in [1.807, 2.05) is 7.05 Å². The number of benzene rings is 2. The molecule has 0 bridgehead atoms. The van der Waals surface area contributed by atoms with Crippen LogP contribution in [0.5, 0.6) is 0 Å². The smallest absolute Gasteiger partial charge is 0.0419 e. The molecule has 2 N–H and O–H groups in total. The summed E-state index contributed by atoms with van der Waals surface area (Å²) in [5.74, 6) is 0. The van der Waals surface area contributed by atoms with Crippen LogP contribution in [0.3, 0.4) is 0 Å². The van der Waals surface area contributed by atoms with E-state index in [1.54, 1.807) is 0 Å². The maximum absolute atomic E-state index is 3.97. The first kappa shape index (κ1) is 16.9. The summed E-state index contributed by atoms with van der Waals surface area (Å²) in [6.07, 6.45) is 5.15. The van der Waals surface area contributed by atoms with Crippen molar-refractivity contribution in [3.8, 4) is 11.1 Å². The fourth-order valence-electron chi connectivity index (χ4n) is 2.53. The van der Waals surface area contributed by atoms with Crippen molar-refractivity contribution in [3.05, 3.63) is 71.9 Å². The van der Waals surface area contributed by atoms with Gasteiger partial charge in [-0.2, -0.15) is 0 Å². The van der Waals surface area contributed by atoms with Gasteiger partial charge < -0.3 is 10.6 Å². The lowest BCUT2D eigenvalue weighted by Crippen LogP contribution is -2.10.